The summed E-state index contributed by atoms with van der Waals surface area (Å²) in [5.41, 5.74) is -0.274. The van der Waals surface area contributed by atoms with Crippen molar-refractivity contribution in [1.82, 2.24) is 14.8 Å². The zero-order valence-corrected chi connectivity index (χ0v) is 14.6. The van der Waals surface area contributed by atoms with Crippen molar-refractivity contribution in [2.45, 2.75) is 49.5 Å². The van der Waals surface area contributed by atoms with E-state index in [1.54, 1.807) is 12.3 Å². The van der Waals surface area contributed by atoms with Crippen LogP contribution in [0.1, 0.15) is 44.2 Å². The van der Waals surface area contributed by atoms with E-state index in [1.165, 1.54) is 6.07 Å². The van der Waals surface area contributed by atoms with Crippen molar-refractivity contribution in [2.24, 2.45) is 5.92 Å². The number of hydrogen-bond donors (Lipinski definition) is 0. The molecule has 0 N–H and O–H groups in total. The number of hydrogen-bond acceptors (Lipinski definition) is 3. The van der Waals surface area contributed by atoms with E-state index in [1.807, 2.05) is 0 Å². The number of carbonyl (C=O) groups excluding carboxylic acids is 1. The zero-order valence-electron chi connectivity index (χ0n) is 14.6. The number of pyridine rings is 1. The van der Waals surface area contributed by atoms with E-state index in [4.69, 9.17) is 0 Å². The lowest BCUT2D eigenvalue weighted by atomic mass is 9.58. The summed E-state index contributed by atoms with van der Waals surface area (Å²) >= 11 is 0. The van der Waals surface area contributed by atoms with Crippen LogP contribution in [-0.4, -0.2) is 53.4 Å². The quantitative estimate of drug-likeness (QED) is 0.851. The Balaban J connectivity index is 1.53. The monoisotopic (exact) mass is 331 g/mol. The molecule has 24 heavy (non-hydrogen) atoms. The van der Waals surface area contributed by atoms with Gasteiger partial charge in [0.2, 0.25) is 5.91 Å². The maximum atomic E-state index is 14.3. The van der Waals surface area contributed by atoms with Gasteiger partial charge in [0, 0.05) is 24.8 Å². The van der Waals surface area contributed by atoms with Crippen molar-refractivity contribution in [3.05, 3.63) is 29.8 Å². The van der Waals surface area contributed by atoms with E-state index in [2.05, 4.69) is 28.9 Å². The first-order chi connectivity index (χ1) is 11.5. The smallest absolute Gasteiger partial charge is 0.235 e. The van der Waals surface area contributed by atoms with E-state index < -0.39 is 5.41 Å². The van der Waals surface area contributed by atoms with Crippen LogP contribution in [-0.2, 0) is 10.2 Å². The van der Waals surface area contributed by atoms with Gasteiger partial charge in [-0.2, -0.15) is 0 Å². The molecule has 0 unspecified atom stereocenters. The van der Waals surface area contributed by atoms with Crippen molar-refractivity contribution in [2.75, 3.05) is 27.2 Å². The lowest BCUT2D eigenvalue weighted by Gasteiger charge is -2.64. The van der Waals surface area contributed by atoms with Crippen LogP contribution < -0.4 is 0 Å². The van der Waals surface area contributed by atoms with E-state index in [0.717, 1.165) is 51.6 Å². The maximum absolute atomic E-state index is 14.3. The Kier molecular flexibility index (Phi) is 3.68. The van der Waals surface area contributed by atoms with Gasteiger partial charge in [-0.05, 0) is 64.3 Å². The average Bonchev–Trinajstić information content (AvgIpc) is 2.41. The molecule has 0 aromatic carbocycles. The molecule has 0 atom stereocenters. The fourth-order valence-electron chi connectivity index (χ4n) is 5.02. The molecule has 3 aliphatic rings. The highest BCUT2D eigenvalue weighted by molar-refractivity contribution is 5.90. The number of likely N-dealkylation sites (tertiary alicyclic amines) is 1. The number of nitrogens with zero attached hydrogens (tertiary/aromatic N) is 3. The third-order valence-electron chi connectivity index (χ3n) is 6.41. The Morgan fingerprint density at radius 3 is 2.62 bits per heavy atom. The maximum Gasteiger partial charge on any atom is 0.235 e. The third-order valence-corrected chi connectivity index (χ3v) is 6.41. The Morgan fingerprint density at radius 2 is 2.12 bits per heavy atom. The molecule has 2 saturated carbocycles. The summed E-state index contributed by atoms with van der Waals surface area (Å²) < 4.78 is 14.3. The van der Waals surface area contributed by atoms with Gasteiger partial charge in [0.25, 0.3) is 0 Å². The van der Waals surface area contributed by atoms with Crippen molar-refractivity contribution < 1.29 is 9.18 Å². The van der Waals surface area contributed by atoms with Gasteiger partial charge < -0.3 is 9.80 Å². The number of aromatic nitrogens is 1. The summed E-state index contributed by atoms with van der Waals surface area (Å²) in [6.07, 6.45) is 7.33. The predicted octanol–water partition coefficient (Wildman–Crippen LogP) is 2.59. The van der Waals surface area contributed by atoms with Crippen molar-refractivity contribution in [1.29, 1.82) is 0 Å². The summed E-state index contributed by atoms with van der Waals surface area (Å²) in [5, 5.41) is 0. The Hall–Kier alpha value is -1.49. The van der Waals surface area contributed by atoms with Gasteiger partial charge in [-0.25, -0.2) is 4.39 Å². The fraction of sp³-hybridized carbons (Fsp3) is 0.684. The molecule has 1 aromatic heterocycles. The summed E-state index contributed by atoms with van der Waals surface area (Å²) in [7, 11) is 4.20. The van der Waals surface area contributed by atoms with Crippen LogP contribution >= 0.6 is 0 Å². The van der Waals surface area contributed by atoms with Crippen LogP contribution in [0.2, 0.25) is 0 Å². The Morgan fingerprint density at radius 1 is 1.38 bits per heavy atom. The van der Waals surface area contributed by atoms with Crippen LogP contribution in [0.15, 0.2) is 18.3 Å². The SMILES string of the molecule is CN(C)CC1CC2(CCN2C(=O)C2(c3ncccc3F)CCC2)C1. The minimum Gasteiger partial charge on any atom is -0.336 e. The lowest BCUT2D eigenvalue weighted by Crippen LogP contribution is -2.72. The molecule has 4 rings (SSSR count). The van der Waals surface area contributed by atoms with Gasteiger partial charge >= 0.3 is 0 Å². The number of amides is 1. The van der Waals surface area contributed by atoms with E-state index in [9.17, 15) is 9.18 Å². The second-order valence-electron chi connectivity index (χ2n) is 8.24. The zero-order chi connectivity index (χ0) is 16.9. The highest BCUT2D eigenvalue weighted by Crippen LogP contribution is 2.54. The van der Waals surface area contributed by atoms with Gasteiger partial charge in [-0.15, -0.1) is 0 Å². The second-order valence-corrected chi connectivity index (χ2v) is 8.24. The van der Waals surface area contributed by atoms with E-state index in [-0.39, 0.29) is 17.3 Å². The lowest BCUT2D eigenvalue weighted by molar-refractivity contribution is -0.173. The van der Waals surface area contributed by atoms with Crippen LogP contribution in [0, 0.1) is 11.7 Å². The molecule has 3 fully saturated rings. The summed E-state index contributed by atoms with van der Waals surface area (Å²) in [6.45, 7) is 1.91. The van der Waals surface area contributed by atoms with Crippen LogP contribution in [0.25, 0.3) is 0 Å². The fourth-order valence-corrected chi connectivity index (χ4v) is 5.02. The first kappa shape index (κ1) is 16.0. The van der Waals surface area contributed by atoms with Crippen molar-refractivity contribution >= 4 is 5.91 Å². The second kappa shape index (κ2) is 5.51. The van der Waals surface area contributed by atoms with Crippen LogP contribution in [0.4, 0.5) is 4.39 Å². The van der Waals surface area contributed by atoms with Gasteiger partial charge in [0.1, 0.15) is 5.82 Å². The highest BCUT2D eigenvalue weighted by atomic mass is 19.1. The topological polar surface area (TPSA) is 36.4 Å². The normalized spacial score (nSPS) is 30.7. The molecule has 1 amide bonds. The van der Waals surface area contributed by atoms with Gasteiger partial charge in [0.15, 0.2) is 0 Å². The Labute approximate surface area is 143 Å². The minimum absolute atomic E-state index is 0.0611. The number of rotatable bonds is 4. The highest BCUT2D eigenvalue weighted by Gasteiger charge is 2.60. The molecular weight excluding hydrogens is 305 g/mol. The molecular formula is C19H26FN3O. The first-order valence-electron chi connectivity index (χ1n) is 9.05. The summed E-state index contributed by atoms with van der Waals surface area (Å²) in [4.78, 5) is 21.9. The third kappa shape index (κ3) is 2.20. The first-order valence-corrected chi connectivity index (χ1v) is 9.05. The van der Waals surface area contributed by atoms with Crippen molar-refractivity contribution in [3.63, 3.8) is 0 Å². The van der Waals surface area contributed by atoms with E-state index >= 15 is 0 Å². The molecule has 5 heteroatoms. The van der Waals surface area contributed by atoms with Crippen LogP contribution in [0.3, 0.4) is 0 Å². The molecule has 1 saturated heterocycles. The molecule has 1 aromatic rings. The largest absolute Gasteiger partial charge is 0.336 e. The molecule has 0 radical (unpaired) electrons. The minimum atomic E-state index is -0.703. The van der Waals surface area contributed by atoms with Crippen molar-refractivity contribution in [3.8, 4) is 0 Å². The Bertz CT molecular complexity index is 650. The average molecular weight is 331 g/mol. The number of halogens is 1. The molecule has 2 aliphatic carbocycles. The van der Waals surface area contributed by atoms with E-state index in [0.29, 0.717) is 11.6 Å². The standard InChI is InChI=1S/C19H26FN3O/c1-22(2)13-14-11-18(12-14)8-10-23(18)17(24)19(6-4-7-19)16-15(20)5-3-9-21-16/h3,5,9,14H,4,6-8,10-13H2,1-2H3. The molecule has 4 nitrogen and oxygen atoms in total. The predicted molar refractivity (Wildman–Crippen MR) is 90.1 cm³/mol. The molecule has 130 valence electrons. The summed E-state index contributed by atoms with van der Waals surface area (Å²) in [6, 6.07) is 3.02. The number of carbonyl (C=O) groups is 1. The van der Waals surface area contributed by atoms with Crippen LogP contribution in [0.5, 0.6) is 0 Å². The van der Waals surface area contributed by atoms with Gasteiger partial charge in [0.05, 0.1) is 11.1 Å². The molecule has 1 aliphatic heterocycles. The molecule has 2 heterocycles. The van der Waals surface area contributed by atoms with Gasteiger partial charge in [-0.3, -0.25) is 9.78 Å². The van der Waals surface area contributed by atoms with Gasteiger partial charge in [-0.1, -0.05) is 6.42 Å². The molecule has 1 spiro atoms. The molecule has 0 bridgehead atoms. The summed E-state index contributed by atoms with van der Waals surface area (Å²) in [5.74, 6) is 0.472.